The molecule has 5 heteroatoms. The number of carboxylic acid groups (broad SMARTS) is 1. The number of amides is 1. The molecule has 0 atom stereocenters. The highest BCUT2D eigenvalue weighted by atomic mass is 79.9. The van der Waals surface area contributed by atoms with Gasteiger partial charge in [0.15, 0.2) is 0 Å². The molecule has 0 unspecified atom stereocenters. The van der Waals surface area contributed by atoms with Crippen LogP contribution in [0.3, 0.4) is 0 Å². The van der Waals surface area contributed by atoms with Gasteiger partial charge >= 0.3 is 5.97 Å². The molecule has 2 N–H and O–H groups in total. The van der Waals surface area contributed by atoms with Crippen LogP contribution in [0.4, 0.5) is 5.69 Å². The van der Waals surface area contributed by atoms with Crippen LogP contribution < -0.4 is 5.32 Å². The van der Waals surface area contributed by atoms with Crippen molar-refractivity contribution in [3.8, 4) is 0 Å². The average Bonchev–Trinajstić information content (AvgIpc) is 2.44. The van der Waals surface area contributed by atoms with Crippen LogP contribution in [0.15, 0.2) is 16.6 Å². The summed E-state index contributed by atoms with van der Waals surface area (Å²) in [6.07, 6.45) is 0.311. The van der Waals surface area contributed by atoms with Crippen molar-refractivity contribution in [3.63, 3.8) is 0 Å². The molecule has 15 heavy (non-hydrogen) atoms. The summed E-state index contributed by atoms with van der Waals surface area (Å²) < 4.78 is 0.787. The molecule has 0 bridgehead atoms. The third-order valence-corrected chi connectivity index (χ3v) is 2.93. The number of carbonyl (C=O) groups excluding carboxylic acids is 1. The van der Waals surface area contributed by atoms with Gasteiger partial charge < -0.3 is 10.4 Å². The smallest absolute Gasteiger partial charge is 0.307 e. The van der Waals surface area contributed by atoms with E-state index < -0.39 is 5.97 Å². The molecule has 1 aliphatic heterocycles. The van der Waals surface area contributed by atoms with Crippen molar-refractivity contribution in [2.24, 2.45) is 0 Å². The van der Waals surface area contributed by atoms with Gasteiger partial charge in [-0.05, 0) is 23.3 Å². The number of aliphatic carboxylic acids is 1. The zero-order valence-corrected chi connectivity index (χ0v) is 9.30. The Kier molecular flexibility index (Phi) is 2.48. The quantitative estimate of drug-likeness (QED) is 0.857. The monoisotopic (exact) mass is 269 g/mol. The normalized spacial score (nSPS) is 13.5. The Morgan fingerprint density at radius 2 is 2.27 bits per heavy atom. The second-order valence-electron chi connectivity index (χ2n) is 3.40. The topological polar surface area (TPSA) is 66.4 Å². The highest BCUT2D eigenvalue weighted by Crippen LogP contribution is 2.31. The second kappa shape index (κ2) is 3.66. The van der Waals surface area contributed by atoms with E-state index in [1.165, 1.54) is 0 Å². The van der Waals surface area contributed by atoms with Gasteiger partial charge in [0.2, 0.25) is 5.91 Å². The van der Waals surface area contributed by atoms with Crippen molar-refractivity contribution in [2.75, 3.05) is 5.32 Å². The number of fused-ring (bicyclic) bond motifs is 1. The van der Waals surface area contributed by atoms with E-state index in [-0.39, 0.29) is 12.3 Å². The molecule has 0 saturated heterocycles. The molecule has 1 heterocycles. The highest BCUT2D eigenvalue weighted by molar-refractivity contribution is 9.10. The van der Waals surface area contributed by atoms with Crippen LogP contribution >= 0.6 is 15.9 Å². The number of nitrogens with one attached hydrogen (secondary N) is 1. The molecule has 0 saturated carbocycles. The predicted molar refractivity (Wildman–Crippen MR) is 57.8 cm³/mol. The van der Waals surface area contributed by atoms with Crippen molar-refractivity contribution in [3.05, 3.63) is 27.7 Å². The number of hydrogen-bond donors (Lipinski definition) is 2. The molecule has 0 radical (unpaired) electrons. The van der Waals surface area contributed by atoms with Gasteiger partial charge in [-0.2, -0.15) is 0 Å². The summed E-state index contributed by atoms with van der Waals surface area (Å²) in [6, 6.07) is 3.45. The fourth-order valence-electron chi connectivity index (χ4n) is 1.62. The molecule has 1 aliphatic rings. The summed E-state index contributed by atoms with van der Waals surface area (Å²) >= 11 is 3.33. The number of carbonyl (C=O) groups is 2. The van der Waals surface area contributed by atoms with Crippen LogP contribution in [0.25, 0.3) is 0 Å². The van der Waals surface area contributed by atoms with E-state index in [1.807, 2.05) is 0 Å². The van der Waals surface area contributed by atoms with Gasteiger partial charge in [-0.25, -0.2) is 0 Å². The van der Waals surface area contributed by atoms with E-state index in [0.717, 1.165) is 10.0 Å². The van der Waals surface area contributed by atoms with Gasteiger partial charge in [-0.15, -0.1) is 0 Å². The SMILES string of the molecule is O=C(O)Cc1cc(Br)c2c(c1)NC(=O)C2. The number of rotatable bonds is 2. The summed E-state index contributed by atoms with van der Waals surface area (Å²) in [6.45, 7) is 0. The van der Waals surface area contributed by atoms with Crippen molar-refractivity contribution in [1.82, 2.24) is 0 Å². The van der Waals surface area contributed by atoms with E-state index in [1.54, 1.807) is 12.1 Å². The molecule has 1 aromatic carbocycles. The van der Waals surface area contributed by atoms with Crippen molar-refractivity contribution in [1.29, 1.82) is 0 Å². The lowest BCUT2D eigenvalue weighted by Crippen LogP contribution is -2.04. The number of halogens is 1. The molecule has 0 spiro atoms. The summed E-state index contributed by atoms with van der Waals surface area (Å²) in [5.74, 6) is -0.940. The summed E-state index contributed by atoms with van der Waals surface area (Å²) in [7, 11) is 0. The minimum Gasteiger partial charge on any atom is -0.481 e. The number of benzene rings is 1. The van der Waals surface area contributed by atoms with Gasteiger partial charge in [0.25, 0.3) is 0 Å². The van der Waals surface area contributed by atoms with Gasteiger partial charge in [0.05, 0.1) is 12.8 Å². The number of hydrogen-bond acceptors (Lipinski definition) is 2. The average molecular weight is 270 g/mol. The van der Waals surface area contributed by atoms with Crippen LogP contribution in [-0.4, -0.2) is 17.0 Å². The fraction of sp³-hybridized carbons (Fsp3) is 0.200. The van der Waals surface area contributed by atoms with E-state index in [9.17, 15) is 9.59 Å². The number of carboxylic acids is 1. The van der Waals surface area contributed by atoms with Crippen molar-refractivity contribution in [2.45, 2.75) is 12.8 Å². The Balaban J connectivity index is 2.39. The Morgan fingerprint density at radius 1 is 1.53 bits per heavy atom. The first-order chi connectivity index (χ1) is 7.06. The molecule has 1 aromatic rings. The maximum atomic E-state index is 11.1. The van der Waals surface area contributed by atoms with Crippen molar-refractivity contribution >= 4 is 33.5 Å². The van der Waals surface area contributed by atoms with Crippen LogP contribution in [0.2, 0.25) is 0 Å². The van der Waals surface area contributed by atoms with Crippen LogP contribution in [0.1, 0.15) is 11.1 Å². The molecule has 1 amide bonds. The second-order valence-corrected chi connectivity index (χ2v) is 4.25. The van der Waals surface area contributed by atoms with Crippen LogP contribution in [0.5, 0.6) is 0 Å². The molecule has 4 nitrogen and oxygen atoms in total. The molecule has 0 aliphatic carbocycles. The minimum atomic E-state index is -0.883. The van der Waals surface area contributed by atoms with Crippen LogP contribution in [0, 0.1) is 0 Å². The largest absolute Gasteiger partial charge is 0.481 e. The maximum Gasteiger partial charge on any atom is 0.307 e. The first-order valence-corrected chi connectivity index (χ1v) is 5.18. The zero-order chi connectivity index (χ0) is 11.0. The third-order valence-electron chi connectivity index (χ3n) is 2.22. The maximum absolute atomic E-state index is 11.1. The molecular formula is C10H8BrNO3. The van der Waals surface area contributed by atoms with E-state index >= 15 is 0 Å². The molecular weight excluding hydrogens is 262 g/mol. The number of anilines is 1. The van der Waals surface area contributed by atoms with Gasteiger partial charge in [0.1, 0.15) is 0 Å². The molecule has 0 aromatic heterocycles. The molecule has 78 valence electrons. The molecule has 2 rings (SSSR count). The summed E-state index contributed by atoms with van der Waals surface area (Å²) in [5, 5.41) is 11.3. The van der Waals surface area contributed by atoms with Gasteiger partial charge in [0, 0.05) is 10.2 Å². The van der Waals surface area contributed by atoms with E-state index in [4.69, 9.17) is 5.11 Å². The molecule has 0 fully saturated rings. The minimum absolute atomic E-state index is 0.0399. The van der Waals surface area contributed by atoms with Gasteiger partial charge in [-0.3, -0.25) is 9.59 Å². The standard InChI is InChI=1S/C10H8BrNO3/c11-7-1-5(3-10(14)15)2-8-6(7)4-9(13)12-8/h1-2H,3-4H2,(H,12,13)(H,14,15). The summed E-state index contributed by atoms with van der Waals surface area (Å²) in [5.41, 5.74) is 2.29. The van der Waals surface area contributed by atoms with E-state index in [0.29, 0.717) is 17.7 Å². The Morgan fingerprint density at radius 3 is 2.93 bits per heavy atom. The predicted octanol–water partition coefficient (Wildman–Crippen LogP) is 1.57. The Hall–Kier alpha value is -1.36. The third kappa shape index (κ3) is 2.02. The fourth-order valence-corrected chi connectivity index (χ4v) is 2.26. The lowest BCUT2D eigenvalue weighted by molar-refractivity contribution is -0.136. The highest BCUT2D eigenvalue weighted by Gasteiger charge is 2.21. The lowest BCUT2D eigenvalue weighted by atomic mass is 10.1. The zero-order valence-electron chi connectivity index (χ0n) is 7.71. The summed E-state index contributed by atoms with van der Waals surface area (Å²) in [4.78, 5) is 21.7. The first-order valence-electron chi connectivity index (χ1n) is 4.39. The Labute approximate surface area is 94.4 Å². The van der Waals surface area contributed by atoms with Crippen LogP contribution in [-0.2, 0) is 22.4 Å². The van der Waals surface area contributed by atoms with E-state index in [2.05, 4.69) is 21.2 Å². The lowest BCUT2D eigenvalue weighted by Gasteiger charge is -2.04. The van der Waals surface area contributed by atoms with Gasteiger partial charge in [-0.1, -0.05) is 15.9 Å². The van der Waals surface area contributed by atoms with Crippen molar-refractivity contribution < 1.29 is 14.7 Å². The Bertz CT molecular complexity index is 456. The first kappa shape index (κ1) is 10.2.